The van der Waals surface area contributed by atoms with Gasteiger partial charge in [-0.25, -0.2) is 4.98 Å². The van der Waals surface area contributed by atoms with Crippen LogP contribution in [-0.4, -0.2) is 42.5 Å². The molecule has 0 aliphatic carbocycles. The maximum atomic E-state index is 11.7. The number of nitrogen functional groups attached to an aromatic ring is 1. The smallest absolute Gasteiger partial charge is 0.242 e. The summed E-state index contributed by atoms with van der Waals surface area (Å²) in [5.74, 6) is 0.718. The molecule has 1 aromatic rings. The van der Waals surface area contributed by atoms with Crippen LogP contribution in [0, 0.1) is 0 Å². The lowest BCUT2D eigenvalue weighted by molar-refractivity contribution is -0.120. The Kier molecular flexibility index (Phi) is 2.55. The predicted molar refractivity (Wildman–Crippen MR) is 58.5 cm³/mol. The number of nitrogens with zero attached hydrogens (tertiary/aromatic N) is 3. The van der Waals surface area contributed by atoms with Crippen molar-refractivity contribution >= 4 is 17.4 Å². The molecule has 0 unspecified atom stereocenters. The van der Waals surface area contributed by atoms with Crippen molar-refractivity contribution < 1.29 is 4.79 Å². The van der Waals surface area contributed by atoms with E-state index in [1.54, 1.807) is 23.2 Å². The van der Waals surface area contributed by atoms with E-state index in [1.807, 2.05) is 11.9 Å². The monoisotopic (exact) mass is 206 g/mol. The van der Waals surface area contributed by atoms with Gasteiger partial charge in [0.25, 0.3) is 0 Å². The summed E-state index contributed by atoms with van der Waals surface area (Å²) in [7, 11) is 1.93. The molecule has 5 heteroatoms. The summed E-state index contributed by atoms with van der Waals surface area (Å²) in [5.41, 5.74) is 6.28. The summed E-state index contributed by atoms with van der Waals surface area (Å²) < 4.78 is 0. The van der Waals surface area contributed by atoms with E-state index in [2.05, 4.69) is 4.98 Å². The molecular formula is C10H14N4O. The maximum Gasteiger partial charge on any atom is 0.242 e. The van der Waals surface area contributed by atoms with Crippen LogP contribution in [0.1, 0.15) is 0 Å². The minimum absolute atomic E-state index is 0.0712. The Balaban J connectivity index is 2.20. The van der Waals surface area contributed by atoms with Crippen LogP contribution in [0.4, 0.5) is 11.5 Å². The number of rotatable bonds is 1. The second-order valence-electron chi connectivity index (χ2n) is 3.73. The van der Waals surface area contributed by atoms with E-state index in [9.17, 15) is 4.79 Å². The number of pyridine rings is 1. The molecular weight excluding hydrogens is 192 g/mol. The first-order valence-electron chi connectivity index (χ1n) is 4.87. The highest BCUT2D eigenvalue weighted by atomic mass is 16.2. The van der Waals surface area contributed by atoms with Gasteiger partial charge in [-0.2, -0.15) is 0 Å². The summed E-state index contributed by atoms with van der Waals surface area (Å²) in [5, 5.41) is 0. The molecule has 1 saturated heterocycles. The molecule has 1 fully saturated rings. The molecule has 1 aliphatic heterocycles. The number of piperazine rings is 1. The number of aromatic nitrogens is 1. The van der Waals surface area contributed by atoms with Gasteiger partial charge in [0, 0.05) is 31.0 Å². The van der Waals surface area contributed by atoms with Crippen molar-refractivity contribution in [3.8, 4) is 0 Å². The number of nitrogens with two attached hydrogens (primary N) is 1. The van der Waals surface area contributed by atoms with Gasteiger partial charge in [0.05, 0.1) is 6.54 Å². The third kappa shape index (κ3) is 2.07. The predicted octanol–water partition coefficient (Wildman–Crippen LogP) is -0.0578. The van der Waals surface area contributed by atoms with E-state index >= 15 is 0 Å². The highest BCUT2D eigenvalue weighted by Gasteiger charge is 2.23. The molecule has 5 nitrogen and oxygen atoms in total. The molecule has 2 rings (SSSR count). The first-order chi connectivity index (χ1) is 7.16. The molecule has 80 valence electrons. The lowest BCUT2D eigenvalue weighted by atomic mass is 10.3. The van der Waals surface area contributed by atoms with Crippen molar-refractivity contribution in [3.63, 3.8) is 0 Å². The Morgan fingerprint density at radius 2 is 2.27 bits per heavy atom. The summed E-state index contributed by atoms with van der Waals surface area (Å²) >= 11 is 0. The van der Waals surface area contributed by atoms with Crippen LogP contribution < -0.4 is 10.6 Å². The first-order valence-corrected chi connectivity index (χ1v) is 4.87. The molecule has 0 bridgehead atoms. The molecule has 0 radical (unpaired) electrons. The van der Waals surface area contributed by atoms with Crippen LogP contribution in [0.5, 0.6) is 0 Å². The van der Waals surface area contributed by atoms with Crippen LogP contribution in [0.3, 0.4) is 0 Å². The molecule has 1 aromatic heterocycles. The molecule has 0 atom stereocenters. The maximum absolute atomic E-state index is 11.7. The Bertz CT molecular complexity index is 379. The fourth-order valence-electron chi connectivity index (χ4n) is 1.61. The van der Waals surface area contributed by atoms with Crippen LogP contribution in [0.15, 0.2) is 18.3 Å². The molecule has 1 amide bonds. The standard InChI is InChI=1S/C10H14N4O/c1-13-4-5-14(10(15)7-13)9-6-8(11)2-3-12-9/h2-3,6H,4-5,7H2,1H3,(H2,11,12). The number of amides is 1. The van der Waals surface area contributed by atoms with E-state index in [0.717, 1.165) is 6.54 Å². The van der Waals surface area contributed by atoms with Gasteiger partial charge in [-0.05, 0) is 13.1 Å². The van der Waals surface area contributed by atoms with Gasteiger partial charge >= 0.3 is 0 Å². The highest BCUT2D eigenvalue weighted by molar-refractivity contribution is 5.94. The van der Waals surface area contributed by atoms with Crippen molar-refractivity contribution in [2.24, 2.45) is 0 Å². The Hall–Kier alpha value is -1.62. The number of likely N-dealkylation sites (N-methyl/N-ethyl adjacent to an activating group) is 1. The molecule has 1 aliphatic rings. The quantitative estimate of drug-likeness (QED) is 0.699. The zero-order chi connectivity index (χ0) is 10.8. The number of hydrogen-bond donors (Lipinski definition) is 1. The Morgan fingerprint density at radius 3 is 2.93 bits per heavy atom. The second kappa shape index (κ2) is 3.86. The number of carbonyl (C=O) groups excluding carboxylic acids is 1. The van der Waals surface area contributed by atoms with Crippen molar-refractivity contribution in [1.29, 1.82) is 0 Å². The number of carbonyl (C=O) groups is 1. The molecule has 0 spiro atoms. The lowest BCUT2D eigenvalue weighted by Crippen LogP contribution is -2.49. The van der Waals surface area contributed by atoms with Crippen molar-refractivity contribution in [2.75, 3.05) is 37.3 Å². The van der Waals surface area contributed by atoms with Gasteiger partial charge in [0.2, 0.25) is 5.91 Å². The van der Waals surface area contributed by atoms with E-state index < -0.39 is 0 Å². The van der Waals surface area contributed by atoms with Gasteiger partial charge < -0.3 is 5.73 Å². The van der Waals surface area contributed by atoms with Gasteiger partial charge in [-0.15, -0.1) is 0 Å². The fourth-order valence-corrected chi connectivity index (χ4v) is 1.61. The van der Waals surface area contributed by atoms with Crippen molar-refractivity contribution in [1.82, 2.24) is 9.88 Å². The van der Waals surface area contributed by atoms with E-state index in [1.165, 1.54) is 0 Å². The molecule has 2 heterocycles. The summed E-state index contributed by atoms with van der Waals surface area (Å²) in [4.78, 5) is 19.5. The number of hydrogen-bond acceptors (Lipinski definition) is 4. The van der Waals surface area contributed by atoms with Crippen LogP contribution in [-0.2, 0) is 4.79 Å². The lowest BCUT2D eigenvalue weighted by Gasteiger charge is -2.31. The molecule has 2 N–H and O–H groups in total. The largest absolute Gasteiger partial charge is 0.399 e. The van der Waals surface area contributed by atoms with E-state index in [0.29, 0.717) is 24.6 Å². The summed E-state index contributed by atoms with van der Waals surface area (Å²) in [6.07, 6.45) is 1.62. The highest BCUT2D eigenvalue weighted by Crippen LogP contribution is 2.16. The van der Waals surface area contributed by atoms with Gasteiger partial charge in [-0.3, -0.25) is 14.6 Å². The van der Waals surface area contributed by atoms with Gasteiger partial charge in [0.15, 0.2) is 0 Å². The van der Waals surface area contributed by atoms with Crippen LogP contribution in [0.25, 0.3) is 0 Å². The third-order valence-corrected chi connectivity index (χ3v) is 2.46. The Labute approximate surface area is 88.5 Å². The minimum Gasteiger partial charge on any atom is -0.399 e. The SMILES string of the molecule is CN1CCN(c2cc(N)ccn2)C(=O)C1. The average molecular weight is 206 g/mol. The fraction of sp³-hybridized carbons (Fsp3) is 0.400. The topological polar surface area (TPSA) is 62.5 Å². The zero-order valence-electron chi connectivity index (χ0n) is 8.68. The molecule has 0 aromatic carbocycles. The molecule has 0 saturated carbocycles. The Morgan fingerprint density at radius 1 is 1.47 bits per heavy atom. The van der Waals surface area contributed by atoms with E-state index in [4.69, 9.17) is 5.73 Å². The summed E-state index contributed by atoms with van der Waals surface area (Å²) in [6, 6.07) is 3.44. The normalized spacial score (nSPS) is 18.2. The summed E-state index contributed by atoms with van der Waals surface area (Å²) in [6.45, 7) is 1.98. The second-order valence-corrected chi connectivity index (χ2v) is 3.73. The van der Waals surface area contributed by atoms with Crippen LogP contribution >= 0.6 is 0 Å². The third-order valence-electron chi connectivity index (χ3n) is 2.46. The van der Waals surface area contributed by atoms with Gasteiger partial charge in [-0.1, -0.05) is 0 Å². The van der Waals surface area contributed by atoms with Crippen LogP contribution in [0.2, 0.25) is 0 Å². The van der Waals surface area contributed by atoms with Crippen molar-refractivity contribution in [3.05, 3.63) is 18.3 Å². The number of anilines is 2. The minimum atomic E-state index is 0.0712. The van der Waals surface area contributed by atoms with E-state index in [-0.39, 0.29) is 5.91 Å². The van der Waals surface area contributed by atoms with Crippen molar-refractivity contribution in [2.45, 2.75) is 0 Å². The molecule has 15 heavy (non-hydrogen) atoms. The average Bonchev–Trinajstić information content (AvgIpc) is 2.17. The first kappa shape index (κ1) is 9.92. The zero-order valence-corrected chi connectivity index (χ0v) is 8.68. The van der Waals surface area contributed by atoms with Gasteiger partial charge in [0.1, 0.15) is 5.82 Å².